The molecule has 0 radical (unpaired) electrons. The van der Waals surface area contributed by atoms with Crippen LogP contribution in [0.5, 0.6) is 0 Å². The minimum absolute atomic E-state index is 0.176. The Balaban J connectivity index is 2.28. The van der Waals surface area contributed by atoms with Gasteiger partial charge in [-0.15, -0.1) is 5.10 Å². The van der Waals surface area contributed by atoms with E-state index in [1.165, 1.54) is 11.0 Å². The van der Waals surface area contributed by atoms with Gasteiger partial charge in [-0.3, -0.25) is 4.79 Å². The standard InChI is InChI=1S/C14H20N6O/c1-4-14(15,5-2)13(21)17-12-8-11(7-6-10(12)3)20-9-16-18-19-20/h6-9H,4-5,15H2,1-3H3,(H,17,21). The van der Waals surface area contributed by atoms with E-state index < -0.39 is 5.54 Å². The number of amides is 1. The van der Waals surface area contributed by atoms with Gasteiger partial charge in [-0.2, -0.15) is 0 Å². The zero-order valence-electron chi connectivity index (χ0n) is 12.5. The number of nitrogens with zero attached hydrogens (tertiary/aromatic N) is 4. The molecule has 0 aliphatic rings. The van der Waals surface area contributed by atoms with Crippen molar-refractivity contribution in [2.24, 2.45) is 5.73 Å². The summed E-state index contributed by atoms with van der Waals surface area (Å²) in [6, 6.07) is 5.62. The van der Waals surface area contributed by atoms with Gasteiger partial charge in [0.15, 0.2) is 0 Å². The average Bonchev–Trinajstić information content (AvgIpc) is 3.02. The maximum atomic E-state index is 12.4. The van der Waals surface area contributed by atoms with Crippen molar-refractivity contribution in [3.63, 3.8) is 0 Å². The van der Waals surface area contributed by atoms with Crippen LogP contribution in [0.4, 0.5) is 5.69 Å². The van der Waals surface area contributed by atoms with Gasteiger partial charge >= 0.3 is 0 Å². The van der Waals surface area contributed by atoms with Gasteiger partial charge < -0.3 is 11.1 Å². The normalized spacial score (nSPS) is 11.4. The van der Waals surface area contributed by atoms with Crippen LogP contribution < -0.4 is 11.1 Å². The first kappa shape index (κ1) is 15.1. The van der Waals surface area contributed by atoms with Crippen molar-refractivity contribution < 1.29 is 4.79 Å². The van der Waals surface area contributed by atoms with Gasteiger partial charge in [-0.1, -0.05) is 19.9 Å². The molecule has 2 rings (SSSR count). The molecular formula is C14H20N6O. The minimum atomic E-state index is -0.850. The predicted molar refractivity (Wildman–Crippen MR) is 80.0 cm³/mol. The number of nitrogens with one attached hydrogen (secondary N) is 1. The molecule has 1 amide bonds. The number of rotatable bonds is 5. The van der Waals surface area contributed by atoms with Gasteiger partial charge in [-0.05, 0) is 47.9 Å². The lowest BCUT2D eigenvalue weighted by molar-refractivity contribution is -0.121. The van der Waals surface area contributed by atoms with Crippen molar-refractivity contribution in [3.05, 3.63) is 30.1 Å². The van der Waals surface area contributed by atoms with E-state index in [4.69, 9.17) is 5.73 Å². The number of hydrogen-bond donors (Lipinski definition) is 2. The van der Waals surface area contributed by atoms with Crippen LogP contribution in [-0.2, 0) is 4.79 Å². The molecule has 0 bridgehead atoms. The van der Waals surface area contributed by atoms with Crippen molar-refractivity contribution in [1.82, 2.24) is 20.2 Å². The molecular weight excluding hydrogens is 268 g/mol. The second-order valence-electron chi connectivity index (χ2n) is 5.07. The molecule has 1 heterocycles. The number of hydrogen-bond acceptors (Lipinski definition) is 5. The third-order valence-corrected chi connectivity index (χ3v) is 3.80. The van der Waals surface area contributed by atoms with Gasteiger partial charge in [0.25, 0.3) is 0 Å². The number of carbonyl (C=O) groups is 1. The SMILES string of the molecule is CCC(N)(CC)C(=O)Nc1cc(-n2cnnn2)ccc1C. The Bertz CT molecular complexity index is 618. The molecule has 3 N–H and O–H groups in total. The summed E-state index contributed by atoms with van der Waals surface area (Å²) in [4.78, 5) is 12.4. The van der Waals surface area contributed by atoms with Crippen LogP contribution in [-0.4, -0.2) is 31.7 Å². The van der Waals surface area contributed by atoms with Crippen LogP contribution in [0.1, 0.15) is 32.3 Å². The maximum Gasteiger partial charge on any atom is 0.244 e. The molecule has 0 saturated heterocycles. The van der Waals surface area contributed by atoms with Crippen molar-refractivity contribution in [3.8, 4) is 5.69 Å². The minimum Gasteiger partial charge on any atom is -0.324 e. The first-order chi connectivity index (χ1) is 10.00. The summed E-state index contributed by atoms with van der Waals surface area (Å²) in [5.74, 6) is -0.176. The molecule has 7 heteroatoms. The number of aryl methyl sites for hydroxylation is 1. The lowest BCUT2D eigenvalue weighted by Crippen LogP contribution is -2.50. The van der Waals surface area contributed by atoms with E-state index in [1.54, 1.807) is 0 Å². The van der Waals surface area contributed by atoms with Crippen molar-refractivity contribution in [1.29, 1.82) is 0 Å². The van der Waals surface area contributed by atoms with E-state index in [-0.39, 0.29) is 5.91 Å². The monoisotopic (exact) mass is 288 g/mol. The Kier molecular flexibility index (Phi) is 4.32. The third-order valence-electron chi connectivity index (χ3n) is 3.80. The van der Waals surface area contributed by atoms with Crippen LogP contribution in [0.3, 0.4) is 0 Å². The van der Waals surface area contributed by atoms with Gasteiger partial charge in [0, 0.05) is 5.69 Å². The summed E-state index contributed by atoms with van der Waals surface area (Å²) < 4.78 is 1.53. The van der Waals surface area contributed by atoms with Gasteiger partial charge in [0.2, 0.25) is 5.91 Å². The molecule has 112 valence electrons. The Morgan fingerprint density at radius 3 is 2.67 bits per heavy atom. The van der Waals surface area contributed by atoms with Crippen LogP contribution in [0, 0.1) is 6.92 Å². The highest BCUT2D eigenvalue weighted by Crippen LogP contribution is 2.21. The zero-order valence-corrected chi connectivity index (χ0v) is 12.5. The molecule has 0 atom stereocenters. The fraction of sp³-hybridized carbons (Fsp3) is 0.429. The lowest BCUT2D eigenvalue weighted by atomic mass is 9.93. The first-order valence-electron chi connectivity index (χ1n) is 6.94. The molecule has 2 aromatic rings. The summed E-state index contributed by atoms with van der Waals surface area (Å²) in [7, 11) is 0. The number of tetrazole rings is 1. The molecule has 0 saturated carbocycles. The Hall–Kier alpha value is -2.28. The first-order valence-corrected chi connectivity index (χ1v) is 6.94. The third kappa shape index (κ3) is 3.08. The lowest BCUT2D eigenvalue weighted by Gasteiger charge is -2.25. The average molecular weight is 288 g/mol. The van der Waals surface area contributed by atoms with Crippen LogP contribution in [0.25, 0.3) is 5.69 Å². The maximum absolute atomic E-state index is 12.4. The molecule has 1 aromatic heterocycles. The summed E-state index contributed by atoms with van der Waals surface area (Å²) in [5, 5.41) is 13.9. The second-order valence-corrected chi connectivity index (χ2v) is 5.07. The highest BCUT2D eigenvalue weighted by atomic mass is 16.2. The fourth-order valence-electron chi connectivity index (χ4n) is 1.98. The smallest absolute Gasteiger partial charge is 0.244 e. The molecule has 21 heavy (non-hydrogen) atoms. The van der Waals surface area contributed by atoms with E-state index in [1.807, 2.05) is 39.0 Å². The summed E-state index contributed by atoms with van der Waals surface area (Å²) >= 11 is 0. The highest BCUT2D eigenvalue weighted by Gasteiger charge is 2.30. The molecule has 1 aromatic carbocycles. The van der Waals surface area contributed by atoms with E-state index in [2.05, 4.69) is 20.8 Å². The number of aromatic nitrogens is 4. The van der Waals surface area contributed by atoms with Crippen LogP contribution >= 0.6 is 0 Å². The summed E-state index contributed by atoms with van der Waals surface area (Å²) in [6.07, 6.45) is 2.67. The predicted octanol–water partition coefficient (Wildman–Crippen LogP) is 1.43. The fourth-order valence-corrected chi connectivity index (χ4v) is 1.98. The van der Waals surface area contributed by atoms with E-state index in [0.717, 1.165) is 11.3 Å². The zero-order chi connectivity index (χ0) is 15.5. The number of carbonyl (C=O) groups excluding carboxylic acids is 1. The number of anilines is 1. The molecule has 0 unspecified atom stereocenters. The number of benzene rings is 1. The van der Waals surface area contributed by atoms with Crippen LogP contribution in [0.15, 0.2) is 24.5 Å². The number of nitrogens with two attached hydrogens (primary N) is 1. The largest absolute Gasteiger partial charge is 0.324 e. The second kappa shape index (κ2) is 6.01. The molecule has 0 aliphatic carbocycles. The topological polar surface area (TPSA) is 98.7 Å². The van der Waals surface area contributed by atoms with E-state index in [0.29, 0.717) is 18.5 Å². The summed E-state index contributed by atoms with van der Waals surface area (Å²) in [6.45, 7) is 5.75. The van der Waals surface area contributed by atoms with Crippen molar-refractivity contribution >= 4 is 11.6 Å². The van der Waals surface area contributed by atoms with Crippen LogP contribution in [0.2, 0.25) is 0 Å². The Morgan fingerprint density at radius 2 is 2.10 bits per heavy atom. The van der Waals surface area contributed by atoms with Gasteiger partial charge in [0.05, 0.1) is 11.2 Å². The van der Waals surface area contributed by atoms with E-state index >= 15 is 0 Å². The molecule has 0 spiro atoms. The quantitative estimate of drug-likeness (QED) is 0.867. The van der Waals surface area contributed by atoms with Crippen molar-refractivity contribution in [2.75, 3.05) is 5.32 Å². The molecule has 0 fully saturated rings. The summed E-state index contributed by atoms with van der Waals surface area (Å²) in [5.41, 5.74) is 7.71. The van der Waals surface area contributed by atoms with E-state index in [9.17, 15) is 4.79 Å². The van der Waals surface area contributed by atoms with Gasteiger partial charge in [0.1, 0.15) is 6.33 Å². The molecule has 7 nitrogen and oxygen atoms in total. The Labute approximate surface area is 123 Å². The highest BCUT2D eigenvalue weighted by molar-refractivity contribution is 5.98. The van der Waals surface area contributed by atoms with Crippen molar-refractivity contribution in [2.45, 2.75) is 39.2 Å². The molecule has 0 aliphatic heterocycles. The Morgan fingerprint density at radius 1 is 1.38 bits per heavy atom. The van der Waals surface area contributed by atoms with Gasteiger partial charge in [-0.25, -0.2) is 4.68 Å².